The summed E-state index contributed by atoms with van der Waals surface area (Å²) in [6.45, 7) is -1.13. The van der Waals surface area contributed by atoms with Gasteiger partial charge in [0.15, 0.2) is 0 Å². The minimum absolute atomic E-state index is 0. The molecule has 0 radical (unpaired) electrons. The molecule has 0 aromatic carbocycles. The van der Waals surface area contributed by atoms with Crippen LogP contribution in [0.2, 0.25) is 0 Å². The number of rotatable bonds is 4. The fourth-order valence-electron chi connectivity index (χ4n) is 0.226. The largest absolute Gasteiger partial charge is 0.480 e. The van der Waals surface area contributed by atoms with Crippen LogP contribution in [0.3, 0.4) is 0 Å². The molecule has 0 unspecified atom stereocenters. The Morgan fingerprint density at radius 3 is 1.60 bits per heavy atom. The second kappa shape index (κ2) is 5.99. The van der Waals surface area contributed by atoms with Crippen molar-refractivity contribution in [3.05, 3.63) is 0 Å². The summed E-state index contributed by atoms with van der Waals surface area (Å²) in [5, 5.41) is 15.8. The van der Waals surface area contributed by atoms with Crippen LogP contribution in [0.25, 0.3) is 0 Å². The number of aliphatic carboxylic acids is 2. The molecule has 0 aliphatic carbocycles. The molecule has 4 N–H and O–H groups in total. The van der Waals surface area contributed by atoms with Crippen LogP contribution in [-0.2, 0) is 14.3 Å². The first-order valence-corrected chi connectivity index (χ1v) is 2.14. The molecule has 6 nitrogen and oxygen atoms in total. The van der Waals surface area contributed by atoms with Crippen LogP contribution in [0.4, 0.5) is 0 Å². The van der Waals surface area contributed by atoms with Gasteiger partial charge in [0.25, 0.3) is 0 Å². The molecular weight excluding hydrogens is 144 g/mol. The van der Waals surface area contributed by atoms with Crippen LogP contribution in [0.1, 0.15) is 0 Å². The Morgan fingerprint density at radius 2 is 1.40 bits per heavy atom. The maximum atomic E-state index is 9.66. The van der Waals surface area contributed by atoms with Gasteiger partial charge in [0, 0.05) is 0 Å². The lowest BCUT2D eigenvalue weighted by Crippen LogP contribution is -2.13. The van der Waals surface area contributed by atoms with Gasteiger partial charge in [0.1, 0.15) is 13.2 Å². The van der Waals surface area contributed by atoms with E-state index in [4.69, 9.17) is 10.2 Å². The standard InChI is InChI=1S/C4H6O5.H2O/c5-3(6)1-9-2-4(7)8;/h1-2H2,(H,5,6)(H,7,8);1H2. The summed E-state index contributed by atoms with van der Waals surface area (Å²) < 4.78 is 4.16. The minimum Gasteiger partial charge on any atom is -0.480 e. The topological polar surface area (TPSA) is 115 Å². The van der Waals surface area contributed by atoms with E-state index in [1.54, 1.807) is 0 Å². The van der Waals surface area contributed by atoms with Gasteiger partial charge in [-0.25, -0.2) is 9.59 Å². The van der Waals surface area contributed by atoms with E-state index in [2.05, 4.69) is 4.74 Å². The zero-order chi connectivity index (χ0) is 7.28. The number of carboxylic acids is 2. The molecule has 60 valence electrons. The molecular formula is C4H8O6. The SMILES string of the molecule is O.O=C(O)COCC(=O)O. The zero-order valence-electron chi connectivity index (χ0n) is 5.03. The lowest BCUT2D eigenvalue weighted by Gasteiger charge is -1.92. The summed E-state index contributed by atoms with van der Waals surface area (Å²) in [7, 11) is 0. The molecule has 0 saturated heterocycles. The first-order valence-electron chi connectivity index (χ1n) is 2.14. The van der Waals surface area contributed by atoms with Crippen molar-refractivity contribution < 1.29 is 30.0 Å². The van der Waals surface area contributed by atoms with Gasteiger partial charge < -0.3 is 20.4 Å². The molecule has 0 aliphatic heterocycles. The zero-order valence-corrected chi connectivity index (χ0v) is 5.03. The molecule has 0 aromatic rings. The van der Waals surface area contributed by atoms with Crippen LogP contribution in [0, 0.1) is 0 Å². The van der Waals surface area contributed by atoms with E-state index >= 15 is 0 Å². The highest BCUT2D eigenvalue weighted by Gasteiger charge is 1.98. The van der Waals surface area contributed by atoms with Gasteiger partial charge in [0.2, 0.25) is 0 Å². The van der Waals surface area contributed by atoms with Crippen molar-refractivity contribution in [1.82, 2.24) is 0 Å². The van der Waals surface area contributed by atoms with Crippen LogP contribution < -0.4 is 0 Å². The Bertz CT molecular complexity index is 105. The number of carbonyl (C=O) groups is 2. The number of ether oxygens (including phenoxy) is 1. The Kier molecular flexibility index (Phi) is 6.96. The van der Waals surface area contributed by atoms with Crippen LogP contribution in [-0.4, -0.2) is 40.8 Å². The van der Waals surface area contributed by atoms with E-state index in [9.17, 15) is 9.59 Å². The first kappa shape index (κ1) is 11.6. The van der Waals surface area contributed by atoms with Crippen molar-refractivity contribution >= 4 is 11.9 Å². The average Bonchev–Trinajstić information content (AvgIpc) is 1.63. The van der Waals surface area contributed by atoms with Crippen molar-refractivity contribution in [2.24, 2.45) is 0 Å². The maximum Gasteiger partial charge on any atom is 0.329 e. The molecule has 10 heavy (non-hydrogen) atoms. The van der Waals surface area contributed by atoms with Crippen molar-refractivity contribution in [2.45, 2.75) is 0 Å². The molecule has 0 atom stereocenters. The monoisotopic (exact) mass is 152 g/mol. The molecule has 0 saturated carbocycles. The van der Waals surface area contributed by atoms with E-state index in [0.29, 0.717) is 0 Å². The van der Waals surface area contributed by atoms with Gasteiger partial charge in [-0.05, 0) is 0 Å². The number of carboxylic acid groups (broad SMARTS) is 2. The lowest BCUT2D eigenvalue weighted by atomic mass is 10.7. The van der Waals surface area contributed by atoms with Gasteiger partial charge >= 0.3 is 11.9 Å². The van der Waals surface area contributed by atoms with Crippen LogP contribution in [0.15, 0.2) is 0 Å². The second-order valence-electron chi connectivity index (χ2n) is 1.28. The fourth-order valence-corrected chi connectivity index (χ4v) is 0.226. The van der Waals surface area contributed by atoms with Crippen LogP contribution >= 0.6 is 0 Å². The van der Waals surface area contributed by atoms with E-state index in [0.717, 1.165) is 0 Å². The smallest absolute Gasteiger partial charge is 0.329 e. The Labute approximate surface area is 56.3 Å². The van der Waals surface area contributed by atoms with Crippen molar-refractivity contribution in [3.8, 4) is 0 Å². The molecule has 0 amide bonds. The highest BCUT2D eigenvalue weighted by molar-refractivity contribution is 5.70. The molecule has 0 bridgehead atoms. The van der Waals surface area contributed by atoms with E-state index in [1.165, 1.54) is 0 Å². The summed E-state index contributed by atoms with van der Waals surface area (Å²) in [6.07, 6.45) is 0. The fraction of sp³-hybridized carbons (Fsp3) is 0.500. The highest BCUT2D eigenvalue weighted by Crippen LogP contribution is 1.73. The normalized spacial score (nSPS) is 8.00. The summed E-state index contributed by atoms with van der Waals surface area (Å²) in [6, 6.07) is 0. The summed E-state index contributed by atoms with van der Waals surface area (Å²) >= 11 is 0. The number of hydrogen-bond acceptors (Lipinski definition) is 3. The third-order valence-corrected chi connectivity index (χ3v) is 0.451. The first-order chi connectivity index (χ1) is 4.13. The van der Waals surface area contributed by atoms with Gasteiger partial charge in [-0.3, -0.25) is 0 Å². The lowest BCUT2D eigenvalue weighted by molar-refractivity contribution is -0.148. The summed E-state index contributed by atoms with van der Waals surface area (Å²) in [4.78, 5) is 19.3. The van der Waals surface area contributed by atoms with Crippen molar-refractivity contribution in [2.75, 3.05) is 13.2 Å². The Balaban J connectivity index is 0. The third kappa shape index (κ3) is 9.97. The maximum absolute atomic E-state index is 9.66. The van der Waals surface area contributed by atoms with Gasteiger partial charge in [-0.15, -0.1) is 0 Å². The molecule has 0 spiro atoms. The van der Waals surface area contributed by atoms with E-state index in [-0.39, 0.29) is 5.48 Å². The van der Waals surface area contributed by atoms with Crippen LogP contribution in [0.5, 0.6) is 0 Å². The van der Waals surface area contributed by atoms with Gasteiger partial charge in [-0.2, -0.15) is 0 Å². The molecule has 0 heterocycles. The second-order valence-corrected chi connectivity index (χ2v) is 1.28. The van der Waals surface area contributed by atoms with Gasteiger partial charge in [0.05, 0.1) is 0 Å². The van der Waals surface area contributed by atoms with Crippen molar-refractivity contribution in [3.63, 3.8) is 0 Å². The predicted molar refractivity (Wildman–Crippen MR) is 29.7 cm³/mol. The van der Waals surface area contributed by atoms with E-state index in [1.807, 2.05) is 0 Å². The highest BCUT2D eigenvalue weighted by atomic mass is 16.5. The quantitative estimate of drug-likeness (QED) is 0.500. The minimum atomic E-state index is -1.17. The van der Waals surface area contributed by atoms with E-state index < -0.39 is 25.2 Å². The average molecular weight is 152 g/mol. The molecule has 0 aliphatic rings. The third-order valence-electron chi connectivity index (χ3n) is 0.451. The molecule has 0 rings (SSSR count). The Hall–Kier alpha value is -1.14. The molecule has 0 fully saturated rings. The summed E-state index contributed by atoms with van der Waals surface area (Å²) in [5.74, 6) is -2.34. The number of hydrogen-bond donors (Lipinski definition) is 2. The summed E-state index contributed by atoms with van der Waals surface area (Å²) in [5.41, 5.74) is 0. The molecule has 0 aromatic heterocycles. The van der Waals surface area contributed by atoms with Crippen molar-refractivity contribution in [1.29, 1.82) is 0 Å². The Morgan fingerprint density at radius 1 is 1.10 bits per heavy atom. The molecule has 6 heteroatoms. The predicted octanol–water partition coefficient (Wildman–Crippen LogP) is -1.65. The van der Waals surface area contributed by atoms with Gasteiger partial charge in [-0.1, -0.05) is 0 Å².